The summed E-state index contributed by atoms with van der Waals surface area (Å²) in [7, 11) is 0. The zero-order chi connectivity index (χ0) is 14.8. The highest BCUT2D eigenvalue weighted by Gasteiger charge is 2.22. The Bertz CT molecular complexity index is 597. The molecule has 0 bridgehead atoms. The monoisotopic (exact) mass is 294 g/mol. The summed E-state index contributed by atoms with van der Waals surface area (Å²) in [4.78, 5) is 0. The Morgan fingerprint density at radius 3 is 1.36 bits per heavy atom. The van der Waals surface area contributed by atoms with Crippen molar-refractivity contribution in [2.45, 2.75) is 25.0 Å². The number of hydrogen-bond donors (Lipinski definition) is 0. The molecule has 2 aromatic carbocycles. The summed E-state index contributed by atoms with van der Waals surface area (Å²) in [6.45, 7) is 1.79. The van der Waals surface area contributed by atoms with E-state index in [2.05, 4.69) is 34.5 Å². The lowest BCUT2D eigenvalue weighted by Gasteiger charge is -1.99. The molecule has 0 saturated carbocycles. The lowest BCUT2D eigenvalue weighted by atomic mass is 10.1. The first-order valence-corrected chi connectivity index (χ1v) is 7.68. The predicted octanol–water partition coefficient (Wildman–Crippen LogP) is 3.98. The van der Waals surface area contributed by atoms with Crippen LogP contribution in [0.3, 0.4) is 0 Å². The molecule has 0 amide bonds. The molecule has 4 heteroatoms. The fraction of sp³-hybridized carbons (Fsp3) is 0.333. The smallest absolute Gasteiger partial charge is 0.0857 e. The zero-order valence-corrected chi connectivity index (χ0v) is 12.3. The van der Waals surface area contributed by atoms with Gasteiger partial charge in [-0.15, -0.1) is 0 Å². The highest BCUT2D eigenvalue weighted by molar-refractivity contribution is 5.42. The number of nitrogens with zero attached hydrogens (tertiary/aromatic N) is 2. The highest BCUT2D eigenvalue weighted by atomic mass is 16.6. The largest absolute Gasteiger partial charge is 0.373 e. The molecule has 2 aliphatic heterocycles. The van der Waals surface area contributed by atoms with Crippen molar-refractivity contribution in [3.8, 4) is 0 Å². The molecule has 0 spiro atoms. The van der Waals surface area contributed by atoms with Gasteiger partial charge in [0, 0.05) is 12.8 Å². The van der Waals surface area contributed by atoms with Crippen molar-refractivity contribution < 1.29 is 9.47 Å². The van der Waals surface area contributed by atoms with E-state index in [1.807, 2.05) is 24.3 Å². The second-order valence-electron chi connectivity index (χ2n) is 5.85. The number of azo groups is 1. The van der Waals surface area contributed by atoms with Gasteiger partial charge in [-0.05, 0) is 35.4 Å². The third-order valence-corrected chi connectivity index (χ3v) is 3.89. The molecule has 0 radical (unpaired) electrons. The average Bonchev–Trinajstić information content (AvgIpc) is 3.45. The molecule has 4 rings (SSSR count). The highest BCUT2D eigenvalue weighted by Crippen LogP contribution is 2.23. The number of ether oxygens (including phenoxy) is 2. The van der Waals surface area contributed by atoms with Crippen molar-refractivity contribution in [3.63, 3.8) is 0 Å². The molecule has 2 heterocycles. The van der Waals surface area contributed by atoms with Gasteiger partial charge >= 0.3 is 0 Å². The molecular formula is C18H18N2O2. The first-order valence-electron chi connectivity index (χ1n) is 7.68. The van der Waals surface area contributed by atoms with Gasteiger partial charge in [-0.3, -0.25) is 0 Å². The van der Waals surface area contributed by atoms with E-state index in [1.165, 1.54) is 11.1 Å². The fourth-order valence-corrected chi connectivity index (χ4v) is 2.41. The van der Waals surface area contributed by atoms with E-state index in [-0.39, 0.29) is 0 Å². The molecule has 0 aliphatic carbocycles. The normalized spacial score (nSPS) is 22.9. The summed E-state index contributed by atoms with van der Waals surface area (Å²) in [5, 5.41) is 8.57. The molecule has 2 fully saturated rings. The van der Waals surface area contributed by atoms with Crippen LogP contribution in [0.25, 0.3) is 0 Å². The van der Waals surface area contributed by atoms with Crippen LogP contribution in [0.5, 0.6) is 0 Å². The van der Waals surface area contributed by atoms with Crippen molar-refractivity contribution in [1.29, 1.82) is 0 Å². The van der Waals surface area contributed by atoms with E-state index in [9.17, 15) is 0 Å². The van der Waals surface area contributed by atoms with Crippen LogP contribution in [0.15, 0.2) is 58.8 Å². The fourth-order valence-electron chi connectivity index (χ4n) is 2.41. The maximum absolute atomic E-state index is 5.24. The maximum atomic E-state index is 5.24. The van der Waals surface area contributed by atoms with E-state index in [4.69, 9.17) is 9.47 Å². The molecule has 2 aromatic rings. The minimum absolute atomic E-state index is 0.423. The van der Waals surface area contributed by atoms with Gasteiger partial charge in [-0.1, -0.05) is 24.3 Å². The van der Waals surface area contributed by atoms with E-state index in [1.54, 1.807) is 0 Å². The second kappa shape index (κ2) is 5.99. The van der Waals surface area contributed by atoms with Crippen molar-refractivity contribution in [3.05, 3.63) is 59.7 Å². The summed E-state index contributed by atoms with van der Waals surface area (Å²) in [6, 6.07) is 16.4. The maximum Gasteiger partial charge on any atom is 0.0857 e. The van der Waals surface area contributed by atoms with Crippen LogP contribution < -0.4 is 0 Å². The summed E-state index contributed by atoms with van der Waals surface area (Å²) in [5.74, 6) is 0. The van der Waals surface area contributed by atoms with Gasteiger partial charge in [-0.2, -0.15) is 10.2 Å². The number of epoxide rings is 2. The molecule has 22 heavy (non-hydrogen) atoms. The number of rotatable bonds is 6. The van der Waals surface area contributed by atoms with E-state index in [0.717, 1.165) is 37.4 Å². The van der Waals surface area contributed by atoms with Crippen molar-refractivity contribution in [2.24, 2.45) is 10.2 Å². The minimum atomic E-state index is 0.423. The zero-order valence-electron chi connectivity index (χ0n) is 12.3. The Labute approximate surface area is 129 Å². The SMILES string of the molecule is c1cc(N=Nc2ccc(CC3CO3)cc2)ccc1CC1CO1. The Hall–Kier alpha value is -2.04. The summed E-state index contributed by atoms with van der Waals surface area (Å²) < 4.78 is 10.5. The molecule has 112 valence electrons. The van der Waals surface area contributed by atoms with E-state index in [0.29, 0.717) is 12.2 Å². The second-order valence-corrected chi connectivity index (χ2v) is 5.85. The van der Waals surface area contributed by atoms with Gasteiger partial charge in [0.1, 0.15) is 0 Å². The Morgan fingerprint density at radius 1 is 0.682 bits per heavy atom. The van der Waals surface area contributed by atoms with Gasteiger partial charge in [0.05, 0.1) is 36.8 Å². The van der Waals surface area contributed by atoms with Gasteiger partial charge in [0.15, 0.2) is 0 Å². The lowest BCUT2D eigenvalue weighted by molar-refractivity contribution is 0.407. The van der Waals surface area contributed by atoms with Crippen LogP contribution in [0.1, 0.15) is 11.1 Å². The first kappa shape index (κ1) is 13.6. The van der Waals surface area contributed by atoms with Crippen LogP contribution in [0.4, 0.5) is 11.4 Å². The van der Waals surface area contributed by atoms with Crippen molar-refractivity contribution in [2.75, 3.05) is 13.2 Å². The first-order chi connectivity index (χ1) is 10.8. The van der Waals surface area contributed by atoms with Gasteiger partial charge in [0.2, 0.25) is 0 Å². The van der Waals surface area contributed by atoms with E-state index < -0.39 is 0 Å². The van der Waals surface area contributed by atoms with Crippen molar-refractivity contribution in [1.82, 2.24) is 0 Å². The molecule has 2 saturated heterocycles. The summed E-state index contributed by atoms with van der Waals surface area (Å²) in [6.07, 6.45) is 2.83. The van der Waals surface area contributed by atoms with Crippen LogP contribution in [0, 0.1) is 0 Å². The number of benzene rings is 2. The Morgan fingerprint density at radius 2 is 1.05 bits per heavy atom. The predicted molar refractivity (Wildman–Crippen MR) is 83.9 cm³/mol. The van der Waals surface area contributed by atoms with Gasteiger partial charge in [0.25, 0.3) is 0 Å². The molecule has 2 aliphatic rings. The molecule has 0 N–H and O–H groups in total. The molecule has 2 atom stereocenters. The molecule has 0 aromatic heterocycles. The number of hydrogen-bond acceptors (Lipinski definition) is 4. The van der Waals surface area contributed by atoms with Crippen LogP contribution in [0.2, 0.25) is 0 Å². The van der Waals surface area contributed by atoms with Gasteiger partial charge < -0.3 is 9.47 Å². The van der Waals surface area contributed by atoms with Gasteiger partial charge in [-0.25, -0.2) is 0 Å². The third kappa shape index (κ3) is 3.78. The quantitative estimate of drug-likeness (QED) is 0.597. The average molecular weight is 294 g/mol. The summed E-state index contributed by atoms with van der Waals surface area (Å²) in [5.41, 5.74) is 4.31. The van der Waals surface area contributed by atoms with E-state index >= 15 is 0 Å². The Balaban J connectivity index is 1.37. The molecular weight excluding hydrogens is 276 g/mol. The van der Waals surface area contributed by atoms with Crippen LogP contribution in [-0.4, -0.2) is 25.4 Å². The van der Waals surface area contributed by atoms with Crippen molar-refractivity contribution >= 4 is 11.4 Å². The van der Waals surface area contributed by atoms with Crippen LogP contribution in [-0.2, 0) is 22.3 Å². The Kier molecular flexibility index (Phi) is 3.70. The lowest BCUT2D eigenvalue weighted by Crippen LogP contribution is -1.91. The minimum Gasteiger partial charge on any atom is -0.373 e. The van der Waals surface area contributed by atoms with Crippen LogP contribution >= 0.6 is 0 Å². The molecule has 2 unspecified atom stereocenters. The summed E-state index contributed by atoms with van der Waals surface area (Å²) >= 11 is 0. The molecule has 4 nitrogen and oxygen atoms in total. The third-order valence-electron chi connectivity index (χ3n) is 3.89. The topological polar surface area (TPSA) is 49.8 Å². The standard InChI is InChI=1S/C18H18N2O2/c1-5-15(6-2-13(1)9-17-11-21-17)19-20-16-7-3-14(4-8-16)10-18-12-22-18/h1-8,17-18H,9-12H2.